The zero-order valence-corrected chi connectivity index (χ0v) is 12.4. The van der Waals surface area contributed by atoms with Gasteiger partial charge in [-0.05, 0) is 12.1 Å². The van der Waals surface area contributed by atoms with Gasteiger partial charge in [-0.15, -0.1) is 11.3 Å². The number of thiophene rings is 1. The molecule has 0 saturated heterocycles. The molecule has 0 bridgehead atoms. The summed E-state index contributed by atoms with van der Waals surface area (Å²) in [4.78, 5) is 23.0. The summed E-state index contributed by atoms with van der Waals surface area (Å²) in [6, 6.07) is 5.84. The fraction of sp³-hybridized carbons (Fsp3) is 0.357. The molecule has 0 saturated carbocycles. The standard InChI is InChI=1S/C14H14N4O2S/c1-18(7-10-3-2-9(6-15)21-10)14-16-12-4-5-20-8-11(12)13(19)17-14/h2-3H,4-5,7-8H2,1H3,(H,16,17,19). The molecule has 3 rings (SSSR count). The lowest BCUT2D eigenvalue weighted by atomic mass is 10.1. The van der Waals surface area contributed by atoms with E-state index in [9.17, 15) is 4.79 Å². The van der Waals surface area contributed by atoms with Gasteiger partial charge >= 0.3 is 0 Å². The van der Waals surface area contributed by atoms with E-state index in [1.807, 2.05) is 18.0 Å². The van der Waals surface area contributed by atoms with Crippen LogP contribution in [0.4, 0.5) is 5.95 Å². The van der Waals surface area contributed by atoms with Crippen LogP contribution >= 0.6 is 11.3 Å². The number of rotatable bonds is 3. The zero-order valence-electron chi connectivity index (χ0n) is 11.5. The molecule has 7 heteroatoms. The molecule has 0 aliphatic carbocycles. The van der Waals surface area contributed by atoms with E-state index >= 15 is 0 Å². The van der Waals surface area contributed by atoms with E-state index in [0.29, 0.717) is 42.6 Å². The second kappa shape index (κ2) is 5.68. The highest BCUT2D eigenvalue weighted by molar-refractivity contribution is 7.12. The van der Waals surface area contributed by atoms with E-state index in [-0.39, 0.29) is 5.56 Å². The summed E-state index contributed by atoms with van der Waals surface area (Å²) >= 11 is 1.45. The number of nitrogens with one attached hydrogen (secondary N) is 1. The van der Waals surface area contributed by atoms with Gasteiger partial charge in [-0.2, -0.15) is 5.26 Å². The molecule has 0 spiro atoms. The number of anilines is 1. The van der Waals surface area contributed by atoms with Gasteiger partial charge in [0.1, 0.15) is 10.9 Å². The Morgan fingerprint density at radius 3 is 3.19 bits per heavy atom. The van der Waals surface area contributed by atoms with Crippen LogP contribution < -0.4 is 10.5 Å². The lowest BCUT2D eigenvalue weighted by Crippen LogP contribution is -2.28. The molecule has 1 aliphatic heterocycles. The van der Waals surface area contributed by atoms with Crippen LogP contribution in [0.15, 0.2) is 16.9 Å². The molecule has 3 heterocycles. The van der Waals surface area contributed by atoms with Crippen molar-refractivity contribution in [2.75, 3.05) is 18.6 Å². The molecule has 0 unspecified atom stereocenters. The number of nitrogens with zero attached hydrogens (tertiary/aromatic N) is 3. The maximum Gasteiger partial charge on any atom is 0.258 e. The van der Waals surface area contributed by atoms with Gasteiger partial charge in [-0.1, -0.05) is 0 Å². The lowest BCUT2D eigenvalue weighted by Gasteiger charge is -2.20. The number of H-pyrrole nitrogens is 1. The molecule has 2 aromatic heterocycles. The number of aromatic nitrogens is 2. The second-order valence-corrected chi connectivity index (χ2v) is 6.02. The Hall–Kier alpha value is -2.17. The minimum Gasteiger partial charge on any atom is -0.376 e. The van der Waals surface area contributed by atoms with Crippen LogP contribution in [0.25, 0.3) is 0 Å². The molecule has 21 heavy (non-hydrogen) atoms. The quantitative estimate of drug-likeness (QED) is 0.927. The maximum absolute atomic E-state index is 12.0. The van der Waals surface area contributed by atoms with Gasteiger partial charge in [0.05, 0.1) is 31.0 Å². The predicted octanol–water partition coefficient (Wildman–Crippen LogP) is 1.41. The van der Waals surface area contributed by atoms with Crippen LogP contribution in [-0.4, -0.2) is 23.6 Å². The Morgan fingerprint density at radius 2 is 2.43 bits per heavy atom. The smallest absolute Gasteiger partial charge is 0.258 e. The molecule has 1 N–H and O–H groups in total. The Bertz CT molecular complexity index is 759. The minimum absolute atomic E-state index is 0.134. The molecule has 1 aliphatic rings. The van der Waals surface area contributed by atoms with Crippen molar-refractivity contribution in [3.8, 4) is 6.07 Å². The highest BCUT2D eigenvalue weighted by atomic mass is 32.1. The van der Waals surface area contributed by atoms with Gasteiger partial charge in [0, 0.05) is 18.3 Å². The fourth-order valence-electron chi connectivity index (χ4n) is 2.24. The SMILES string of the molecule is CN(Cc1ccc(C#N)s1)c1nc2c(c(=O)[nH]1)COCC2. The van der Waals surface area contributed by atoms with Crippen LogP contribution in [0.1, 0.15) is 21.0 Å². The van der Waals surface area contributed by atoms with Gasteiger partial charge in [0.15, 0.2) is 0 Å². The summed E-state index contributed by atoms with van der Waals surface area (Å²) in [5, 5.41) is 8.85. The Kier molecular flexibility index (Phi) is 3.73. The number of aromatic amines is 1. The van der Waals surface area contributed by atoms with Crippen molar-refractivity contribution >= 4 is 17.3 Å². The molecule has 2 aromatic rings. The third kappa shape index (κ3) is 2.82. The molecular weight excluding hydrogens is 288 g/mol. The average molecular weight is 302 g/mol. The topological polar surface area (TPSA) is 82.0 Å². The van der Waals surface area contributed by atoms with Crippen molar-refractivity contribution in [2.45, 2.75) is 19.6 Å². The number of fused-ring (bicyclic) bond motifs is 1. The van der Waals surface area contributed by atoms with E-state index in [4.69, 9.17) is 10.00 Å². The van der Waals surface area contributed by atoms with Gasteiger partial charge < -0.3 is 9.64 Å². The van der Waals surface area contributed by atoms with E-state index in [2.05, 4.69) is 16.0 Å². The minimum atomic E-state index is -0.134. The Labute approximate surface area is 125 Å². The van der Waals surface area contributed by atoms with E-state index in [1.54, 1.807) is 6.07 Å². The third-order valence-corrected chi connectivity index (χ3v) is 4.32. The average Bonchev–Trinajstić information content (AvgIpc) is 2.95. The van der Waals surface area contributed by atoms with Crippen molar-refractivity contribution in [3.63, 3.8) is 0 Å². The largest absolute Gasteiger partial charge is 0.376 e. The first-order chi connectivity index (χ1) is 10.2. The van der Waals surface area contributed by atoms with Gasteiger partial charge in [-0.3, -0.25) is 9.78 Å². The van der Waals surface area contributed by atoms with E-state index < -0.39 is 0 Å². The maximum atomic E-state index is 12.0. The first kappa shape index (κ1) is 13.8. The Morgan fingerprint density at radius 1 is 1.57 bits per heavy atom. The molecule has 0 aromatic carbocycles. The first-order valence-corrected chi connectivity index (χ1v) is 7.39. The van der Waals surface area contributed by atoms with Crippen LogP contribution in [0.3, 0.4) is 0 Å². The summed E-state index contributed by atoms with van der Waals surface area (Å²) in [7, 11) is 1.87. The van der Waals surface area contributed by atoms with Crippen molar-refractivity contribution in [3.05, 3.63) is 43.5 Å². The summed E-state index contributed by atoms with van der Waals surface area (Å²) in [5.41, 5.74) is 1.31. The van der Waals surface area contributed by atoms with E-state index in [1.165, 1.54) is 11.3 Å². The van der Waals surface area contributed by atoms with Crippen LogP contribution in [0.2, 0.25) is 0 Å². The first-order valence-electron chi connectivity index (χ1n) is 6.57. The van der Waals surface area contributed by atoms with Crippen molar-refractivity contribution in [1.82, 2.24) is 9.97 Å². The number of ether oxygens (including phenoxy) is 1. The number of nitriles is 1. The van der Waals surface area contributed by atoms with Crippen molar-refractivity contribution in [1.29, 1.82) is 5.26 Å². The van der Waals surface area contributed by atoms with Gasteiger partial charge in [0.25, 0.3) is 5.56 Å². The zero-order chi connectivity index (χ0) is 14.8. The van der Waals surface area contributed by atoms with Crippen molar-refractivity contribution < 1.29 is 4.74 Å². The molecule has 0 radical (unpaired) electrons. The summed E-state index contributed by atoms with van der Waals surface area (Å²) in [6.07, 6.45) is 0.664. The fourth-order valence-corrected chi connectivity index (χ4v) is 3.10. The highest BCUT2D eigenvalue weighted by Gasteiger charge is 2.17. The number of hydrogen-bond donors (Lipinski definition) is 1. The molecule has 0 atom stereocenters. The van der Waals surface area contributed by atoms with Crippen LogP contribution in [0, 0.1) is 11.3 Å². The summed E-state index contributed by atoms with van der Waals surface area (Å²) < 4.78 is 5.29. The molecule has 0 amide bonds. The van der Waals surface area contributed by atoms with Gasteiger partial charge in [0.2, 0.25) is 5.95 Å². The molecule has 6 nitrogen and oxygen atoms in total. The molecule has 108 valence electrons. The monoisotopic (exact) mass is 302 g/mol. The number of hydrogen-bond acceptors (Lipinski definition) is 6. The molecular formula is C14H14N4O2S. The highest BCUT2D eigenvalue weighted by Crippen LogP contribution is 2.19. The summed E-state index contributed by atoms with van der Waals surface area (Å²) in [5.74, 6) is 0.549. The Balaban J connectivity index is 1.84. The predicted molar refractivity (Wildman–Crippen MR) is 79.4 cm³/mol. The second-order valence-electron chi connectivity index (χ2n) is 4.85. The normalized spacial score (nSPS) is 13.5. The van der Waals surface area contributed by atoms with Crippen LogP contribution in [-0.2, 0) is 24.3 Å². The van der Waals surface area contributed by atoms with E-state index in [0.717, 1.165) is 10.6 Å². The third-order valence-electron chi connectivity index (χ3n) is 3.34. The van der Waals surface area contributed by atoms with Gasteiger partial charge in [-0.25, -0.2) is 4.98 Å². The summed E-state index contributed by atoms with van der Waals surface area (Å²) in [6.45, 7) is 1.53. The van der Waals surface area contributed by atoms with Crippen LogP contribution in [0.5, 0.6) is 0 Å². The lowest BCUT2D eigenvalue weighted by molar-refractivity contribution is 0.108. The molecule has 0 fully saturated rings. The van der Waals surface area contributed by atoms with Crippen molar-refractivity contribution in [2.24, 2.45) is 0 Å².